The number of carbonyl (C=O) groups is 2. The highest BCUT2D eigenvalue weighted by atomic mass is 35.5. The fraction of sp³-hybridized carbons (Fsp3) is 0.200. The van der Waals surface area contributed by atoms with E-state index in [2.05, 4.69) is 17.6 Å². The SMILES string of the molecule is C[C@H](c1ccccc1)N1CCCN(c2cccc(NC(=O)Nc3cccc(Cl)c3)c2)C1=O. The van der Waals surface area contributed by atoms with Crippen LogP contribution in [0.4, 0.5) is 26.7 Å². The highest BCUT2D eigenvalue weighted by molar-refractivity contribution is 6.30. The second-order valence-corrected chi connectivity index (χ2v) is 8.14. The monoisotopic (exact) mass is 448 g/mol. The fourth-order valence-corrected chi connectivity index (χ4v) is 4.06. The van der Waals surface area contributed by atoms with Gasteiger partial charge in [0.1, 0.15) is 0 Å². The van der Waals surface area contributed by atoms with Crippen molar-refractivity contribution in [1.29, 1.82) is 0 Å². The van der Waals surface area contributed by atoms with Gasteiger partial charge >= 0.3 is 12.1 Å². The summed E-state index contributed by atoms with van der Waals surface area (Å²) in [7, 11) is 0. The smallest absolute Gasteiger partial charge is 0.318 e. The van der Waals surface area contributed by atoms with Crippen molar-refractivity contribution in [3.63, 3.8) is 0 Å². The molecule has 4 amide bonds. The lowest BCUT2D eigenvalue weighted by molar-refractivity contribution is 0.175. The molecule has 1 saturated heterocycles. The minimum atomic E-state index is -0.381. The summed E-state index contributed by atoms with van der Waals surface area (Å²) < 4.78 is 0. The third-order valence-electron chi connectivity index (χ3n) is 5.51. The van der Waals surface area contributed by atoms with Gasteiger partial charge in [0.05, 0.1) is 6.04 Å². The molecule has 1 fully saturated rings. The van der Waals surface area contributed by atoms with Crippen LogP contribution in [0.2, 0.25) is 5.02 Å². The van der Waals surface area contributed by atoms with E-state index in [1.165, 1.54) is 0 Å². The van der Waals surface area contributed by atoms with Crippen molar-refractivity contribution in [3.8, 4) is 0 Å². The first-order chi connectivity index (χ1) is 15.5. The summed E-state index contributed by atoms with van der Waals surface area (Å²) in [5.74, 6) is 0. The van der Waals surface area contributed by atoms with Gasteiger partial charge in [0.25, 0.3) is 0 Å². The van der Waals surface area contributed by atoms with Crippen molar-refractivity contribution in [3.05, 3.63) is 89.4 Å². The molecule has 0 bridgehead atoms. The Morgan fingerprint density at radius 2 is 1.59 bits per heavy atom. The van der Waals surface area contributed by atoms with Gasteiger partial charge in [0.15, 0.2) is 0 Å². The van der Waals surface area contributed by atoms with Gasteiger partial charge in [0, 0.05) is 35.2 Å². The minimum absolute atomic E-state index is 0.0173. The van der Waals surface area contributed by atoms with Crippen LogP contribution in [-0.2, 0) is 0 Å². The molecule has 3 aromatic rings. The molecular formula is C25H25ClN4O2. The molecule has 0 saturated carbocycles. The maximum Gasteiger partial charge on any atom is 0.324 e. The van der Waals surface area contributed by atoms with E-state index in [4.69, 9.17) is 11.6 Å². The number of amides is 4. The Bertz CT molecular complexity index is 1110. The molecule has 1 aliphatic rings. The third-order valence-corrected chi connectivity index (χ3v) is 5.74. The summed E-state index contributed by atoms with van der Waals surface area (Å²) in [4.78, 5) is 29.3. The quantitative estimate of drug-likeness (QED) is 0.475. The van der Waals surface area contributed by atoms with E-state index in [1.807, 2.05) is 53.4 Å². The van der Waals surface area contributed by atoms with Crippen LogP contribution in [0.1, 0.15) is 24.9 Å². The van der Waals surface area contributed by atoms with E-state index < -0.39 is 0 Å². The highest BCUT2D eigenvalue weighted by Gasteiger charge is 2.30. The molecule has 6 nitrogen and oxygen atoms in total. The van der Waals surface area contributed by atoms with Crippen LogP contribution in [0.25, 0.3) is 0 Å². The van der Waals surface area contributed by atoms with Crippen molar-refractivity contribution in [2.24, 2.45) is 0 Å². The first kappa shape index (κ1) is 21.7. The Balaban J connectivity index is 1.46. The molecule has 0 aromatic heterocycles. The van der Waals surface area contributed by atoms with E-state index in [9.17, 15) is 9.59 Å². The number of nitrogens with one attached hydrogen (secondary N) is 2. The van der Waals surface area contributed by atoms with Crippen molar-refractivity contribution in [2.45, 2.75) is 19.4 Å². The molecule has 1 heterocycles. The van der Waals surface area contributed by atoms with Crippen molar-refractivity contribution in [1.82, 2.24) is 4.90 Å². The Hall–Kier alpha value is -3.51. The predicted molar refractivity (Wildman–Crippen MR) is 129 cm³/mol. The van der Waals surface area contributed by atoms with Crippen LogP contribution in [0.3, 0.4) is 0 Å². The maximum atomic E-state index is 13.3. The fourth-order valence-electron chi connectivity index (χ4n) is 3.87. The largest absolute Gasteiger partial charge is 0.324 e. The van der Waals surface area contributed by atoms with E-state index in [0.717, 1.165) is 17.7 Å². The molecule has 164 valence electrons. The van der Waals surface area contributed by atoms with E-state index >= 15 is 0 Å². The topological polar surface area (TPSA) is 64.7 Å². The van der Waals surface area contributed by atoms with Crippen molar-refractivity contribution < 1.29 is 9.59 Å². The molecule has 0 spiro atoms. The van der Waals surface area contributed by atoms with Crippen LogP contribution >= 0.6 is 11.6 Å². The Labute approximate surface area is 192 Å². The molecule has 1 atom stereocenters. The van der Waals surface area contributed by atoms with Crippen LogP contribution in [0.5, 0.6) is 0 Å². The summed E-state index contributed by atoms with van der Waals surface area (Å²) >= 11 is 5.97. The number of nitrogens with zero attached hydrogens (tertiary/aromatic N) is 2. The standard InChI is InChI=1S/C25H25ClN4O2/c1-18(19-8-3-2-4-9-19)29-14-7-15-30(25(29)32)23-13-6-12-22(17-23)28-24(31)27-21-11-5-10-20(26)16-21/h2-6,8-13,16-18H,7,14-15H2,1H3,(H2,27,28,31)/t18-/m1/s1. The number of halogens is 1. The summed E-state index contributed by atoms with van der Waals surface area (Å²) in [5, 5.41) is 6.12. The van der Waals surface area contributed by atoms with E-state index in [-0.39, 0.29) is 18.1 Å². The second kappa shape index (κ2) is 9.75. The third kappa shape index (κ3) is 5.03. The highest BCUT2D eigenvalue weighted by Crippen LogP contribution is 2.28. The van der Waals surface area contributed by atoms with Gasteiger partial charge in [-0.3, -0.25) is 4.90 Å². The molecule has 7 heteroatoms. The number of carbonyl (C=O) groups excluding carboxylic acids is 2. The van der Waals surface area contributed by atoms with Gasteiger partial charge in [0.2, 0.25) is 0 Å². The number of hydrogen-bond donors (Lipinski definition) is 2. The van der Waals surface area contributed by atoms with Gasteiger partial charge in [-0.15, -0.1) is 0 Å². The molecule has 4 rings (SSSR count). The summed E-state index contributed by atoms with van der Waals surface area (Å²) in [6.07, 6.45) is 0.871. The van der Waals surface area contributed by atoms with Crippen LogP contribution in [0.15, 0.2) is 78.9 Å². The molecule has 2 N–H and O–H groups in total. The summed E-state index contributed by atoms with van der Waals surface area (Å²) in [5.41, 5.74) is 3.06. The molecule has 1 aliphatic heterocycles. The average Bonchev–Trinajstić information content (AvgIpc) is 2.79. The number of anilines is 3. The Morgan fingerprint density at radius 1 is 0.906 bits per heavy atom. The lowest BCUT2D eigenvalue weighted by Gasteiger charge is -2.39. The zero-order chi connectivity index (χ0) is 22.5. The lowest BCUT2D eigenvalue weighted by atomic mass is 10.1. The Kier molecular flexibility index (Phi) is 6.61. The first-order valence-corrected chi connectivity index (χ1v) is 11.0. The first-order valence-electron chi connectivity index (χ1n) is 10.6. The predicted octanol–water partition coefficient (Wildman–Crippen LogP) is 6.38. The lowest BCUT2D eigenvalue weighted by Crippen LogP contribution is -2.50. The van der Waals surface area contributed by atoms with Crippen LogP contribution in [-0.4, -0.2) is 30.1 Å². The zero-order valence-electron chi connectivity index (χ0n) is 17.8. The Morgan fingerprint density at radius 3 is 2.31 bits per heavy atom. The van der Waals surface area contributed by atoms with Gasteiger partial charge < -0.3 is 15.5 Å². The number of rotatable bonds is 5. The van der Waals surface area contributed by atoms with Crippen molar-refractivity contribution in [2.75, 3.05) is 28.6 Å². The van der Waals surface area contributed by atoms with E-state index in [1.54, 1.807) is 35.2 Å². The van der Waals surface area contributed by atoms with Gasteiger partial charge in [-0.1, -0.05) is 54.1 Å². The van der Waals surface area contributed by atoms with Gasteiger partial charge in [-0.05, 0) is 55.3 Å². The summed E-state index contributed by atoms with van der Waals surface area (Å²) in [6, 6.07) is 23.9. The normalized spacial score (nSPS) is 14.8. The number of urea groups is 2. The van der Waals surface area contributed by atoms with Gasteiger partial charge in [-0.2, -0.15) is 0 Å². The van der Waals surface area contributed by atoms with E-state index in [0.29, 0.717) is 29.5 Å². The van der Waals surface area contributed by atoms with Crippen LogP contribution in [0, 0.1) is 0 Å². The number of hydrogen-bond acceptors (Lipinski definition) is 2. The maximum absolute atomic E-state index is 13.3. The molecule has 0 aliphatic carbocycles. The molecule has 0 radical (unpaired) electrons. The van der Waals surface area contributed by atoms with Crippen LogP contribution < -0.4 is 15.5 Å². The second-order valence-electron chi connectivity index (χ2n) is 7.71. The van der Waals surface area contributed by atoms with Gasteiger partial charge in [-0.25, -0.2) is 9.59 Å². The number of benzene rings is 3. The molecule has 0 unspecified atom stereocenters. The minimum Gasteiger partial charge on any atom is -0.318 e. The zero-order valence-corrected chi connectivity index (χ0v) is 18.5. The molecular weight excluding hydrogens is 424 g/mol. The molecule has 32 heavy (non-hydrogen) atoms. The van der Waals surface area contributed by atoms with Crippen molar-refractivity contribution >= 4 is 40.7 Å². The average molecular weight is 449 g/mol. The molecule has 3 aromatic carbocycles. The summed E-state index contributed by atoms with van der Waals surface area (Å²) in [6.45, 7) is 3.40.